The van der Waals surface area contributed by atoms with Gasteiger partial charge in [-0.2, -0.15) is 0 Å². The average Bonchev–Trinajstić information content (AvgIpc) is 1.69. The van der Waals surface area contributed by atoms with Crippen LogP contribution < -0.4 is 5.32 Å². The number of unbranched alkanes of at least 4 members (excludes halogenated alkanes) is 1. The van der Waals surface area contributed by atoms with E-state index in [0.29, 0.717) is 0 Å². The Morgan fingerprint density at radius 2 is 2.43 bits per heavy atom. The molecule has 2 N–H and O–H groups in total. The number of nitrogens with one attached hydrogen (secondary N) is 2. The van der Waals surface area contributed by atoms with Crippen LogP contribution in [-0.2, 0) is 0 Å². The van der Waals surface area contributed by atoms with Gasteiger partial charge < -0.3 is 5.32 Å². The minimum Gasteiger partial charge on any atom is -0.367 e. The van der Waals surface area contributed by atoms with Crippen molar-refractivity contribution in [2.45, 2.75) is 19.8 Å². The van der Waals surface area contributed by atoms with E-state index in [4.69, 9.17) is 5.41 Å². The summed E-state index contributed by atoms with van der Waals surface area (Å²) in [6.45, 7) is 3.01. The van der Waals surface area contributed by atoms with Gasteiger partial charge in [0.05, 0.1) is 0 Å². The summed E-state index contributed by atoms with van der Waals surface area (Å²) in [5.74, 6) is 0. The van der Waals surface area contributed by atoms with E-state index in [1.165, 1.54) is 6.42 Å². The Hall–Kier alpha value is -0.530. The molecule has 0 spiro atoms. The SMILES string of the molecule is CCCCN[C]=N. The summed E-state index contributed by atoms with van der Waals surface area (Å²) in [5, 5.41) is 9.09. The third kappa shape index (κ3) is 5.47. The van der Waals surface area contributed by atoms with Gasteiger partial charge in [0.25, 0.3) is 0 Å². The van der Waals surface area contributed by atoms with Crippen LogP contribution in [0.15, 0.2) is 0 Å². The summed E-state index contributed by atoms with van der Waals surface area (Å²) in [4.78, 5) is 0. The maximum atomic E-state index is 6.42. The minimum atomic E-state index is 0.889. The van der Waals surface area contributed by atoms with Crippen molar-refractivity contribution in [2.75, 3.05) is 6.54 Å². The lowest BCUT2D eigenvalue weighted by Gasteiger charge is -1.91. The Balaban J connectivity index is 2.56. The number of hydrogen-bond acceptors (Lipinski definition) is 1. The molecular formula is C5H11N2. The van der Waals surface area contributed by atoms with E-state index in [-0.39, 0.29) is 0 Å². The van der Waals surface area contributed by atoms with Gasteiger partial charge in [0.2, 0.25) is 0 Å². The maximum Gasteiger partial charge on any atom is 0.161 e. The molecule has 0 aliphatic carbocycles. The zero-order chi connectivity index (χ0) is 5.54. The molecule has 0 aromatic heterocycles. The average molecular weight is 99.2 g/mol. The largest absolute Gasteiger partial charge is 0.367 e. The highest BCUT2D eigenvalue weighted by atomic mass is 14.9. The topological polar surface area (TPSA) is 35.9 Å². The summed E-state index contributed by atoms with van der Waals surface area (Å²) < 4.78 is 0. The van der Waals surface area contributed by atoms with Gasteiger partial charge in [-0.25, -0.2) is 0 Å². The summed E-state index contributed by atoms with van der Waals surface area (Å²) in [7, 11) is 0. The van der Waals surface area contributed by atoms with Crippen LogP contribution in [0.5, 0.6) is 0 Å². The van der Waals surface area contributed by atoms with E-state index in [9.17, 15) is 0 Å². The summed E-state index contributed by atoms with van der Waals surface area (Å²) in [6, 6.07) is 0. The Bertz CT molecular complexity index is 43.3. The highest BCUT2D eigenvalue weighted by molar-refractivity contribution is 5.49. The van der Waals surface area contributed by atoms with E-state index < -0.39 is 0 Å². The van der Waals surface area contributed by atoms with E-state index in [1.54, 1.807) is 0 Å². The molecule has 0 heterocycles. The van der Waals surface area contributed by atoms with E-state index in [1.807, 2.05) is 0 Å². The lowest BCUT2D eigenvalue weighted by atomic mass is 10.3. The molecule has 0 aliphatic rings. The monoisotopic (exact) mass is 99.1 g/mol. The second-order valence-corrected chi connectivity index (χ2v) is 1.41. The van der Waals surface area contributed by atoms with Crippen LogP contribution in [0.25, 0.3) is 0 Å². The van der Waals surface area contributed by atoms with Gasteiger partial charge in [0.15, 0.2) is 6.34 Å². The van der Waals surface area contributed by atoms with E-state index in [0.717, 1.165) is 13.0 Å². The zero-order valence-corrected chi connectivity index (χ0v) is 4.62. The molecular weight excluding hydrogens is 88.1 g/mol. The Morgan fingerprint density at radius 3 is 2.86 bits per heavy atom. The van der Waals surface area contributed by atoms with Crippen molar-refractivity contribution in [1.82, 2.24) is 5.32 Å². The fraction of sp³-hybridized carbons (Fsp3) is 0.800. The smallest absolute Gasteiger partial charge is 0.161 e. The molecule has 0 aromatic rings. The molecule has 0 saturated carbocycles. The van der Waals surface area contributed by atoms with Gasteiger partial charge >= 0.3 is 0 Å². The highest BCUT2D eigenvalue weighted by Gasteiger charge is 1.75. The Labute approximate surface area is 44.4 Å². The van der Waals surface area contributed by atoms with Crippen molar-refractivity contribution in [3.05, 3.63) is 0 Å². The van der Waals surface area contributed by atoms with Crippen molar-refractivity contribution in [2.24, 2.45) is 0 Å². The first-order chi connectivity index (χ1) is 3.41. The quantitative estimate of drug-likeness (QED) is 0.233. The van der Waals surface area contributed by atoms with Crippen LogP contribution in [-0.4, -0.2) is 12.9 Å². The van der Waals surface area contributed by atoms with Crippen molar-refractivity contribution < 1.29 is 0 Å². The lowest BCUT2D eigenvalue weighted by Crippen LogP contribution is -2.10. The van der Waals surface area contributed by atoms with Crippen LogP contribution in [0.3, 0.4) is 0 Å². The summed E-state index contributed by atoms with van der Waals surface area (Å²) >= 11 is 0. The van der Waals surface area contributed by atoms with Crippen molar-refractivity contribution in [1.29, 1.82) is 5.41 Å². The summed E-state index contributed by atoms with van der Waals surface area (Å²) in [6.07, 6.45) is 4.41. The molecule has 1 radical (unpaired) electrons. The summed E-state index contributed by atoms with van der Waals surface area (Å²) in [5.41, 5.74) is 0. The number of rotatable bonds is 4. The third-order valence-corrected chi connectivity index (χ3v) is 0.744. The van der Waals surface area contributed by atoms with Gasteiger partial charge in [-0.3, -0.25) is 5.41 Å². The zero-order valence-electron chi connectivity index (χ0n) is 4.62. The normalized spacial score (nSPS) is 8.14. The molecule has 0 fully saturated rings. The second kappa shape index (κ2) is 5.47. The fourth-order valence-corrected chi connectivity index (χ4v) is 0.328. The van der Waals surface area contributed by atoms with E-state index >= 15 is 0 Å². The van der Waals surface area contributed by atoms with Crippen molar-refractivity contribution in [3.8, 4) is 0 Å². The van der Waals surface area contributed by atoms with Crippen LogP contribution >= 0.6 is 0 Å². The van der Waals surface area contributed by atoms with Gasteiger partial charge in [-0.15, -0.1) is 0 Å². The molecule has 7 heavy (non-hydrogen) atoms. The second-order valence-electron chi connectivity index (χ2n) is 1.41. The standard InChI is InChI=1S/C5H11N2/c1-2-3-4-7-5-6/h2-4H2,1H3,(H2,6,7). The first kappa shape index (κ1) is 6.47. The molecule has 41 valence electrons. The molecule has 0 rings (SSSR count). The van der Waals surface area contributed by atoms with Gasteiger partial charge in [-0.1, -0.05) is 13.3 Å². The fourth-order valence-electron chi connectivity index (χ4n) is 0.328. The molecule has 2 nitrogen and oxygen atoms in total. The van der Waals surface area contributed by atoms with Crippen LogP contribution in [0, 0.1) is 5.41 Å². The first-order valence-electron chi connectivity index (χ1n) is 2.56. The molecule has 0 bridgehead atoms. The Kier molecular flexibility index (Phi) is 5.06. The van der Waals surface area contributed by atoms with Crippen LogP contribution in [0.2, 0.25) is 0 Å². The van der Waals surface area contributed by atoms with Crippen molar-refractivity contribution in [3.63, 3.8) is 0 Å². The van der Waals surface area contributed by atoms with Crippen LogP contribution in [0.1, 0.15) is 19.8 Å². The van der Waals surface area contributed by atoms with Gasteiger partial charge in [-0.05, 0) is 6.42 Å². The minimum absolute atomic E-state index is 0.889. The molecule has 0 aliphatic heterocycles. The first-order valence-corrected chi connectivity index (χ1v) is 2.56. The molecule has 0 atom stereocenters. The number of hydrogen-bond donors (Lipinski definition) is 2. The predicted molar refractivity (Wildman–Crippen MR) is 30.6 cm³/mol. The molecule has 0 saturated heterocycles. The predicted octanol–water partition coefficient (Wildman–Crippen LogP) is 0.860. The Morgan fingerprint density at radius 1 is 1.71 bits per heavy atom. The molecule has 0 unspecified atom stereocenters. The van der Waals surface area contributed by atoms with Gasteiger partial charge in [0, 0.05) is 6.54 Å². The maximum absolute atomic E-state index is 6.42. The van der Waals surface area contributed by atoms with Crippen LogP contribution in [0.4, 0.5) is 0 Å². The van der Waals surface area contributed by atoms with Crippen molar-refractivity contribution >= 4 is 6.34 Å². The lowest BCUT2D eigenvalue weighted by molar-refractivity contribution is 0.759. The molecule has 2 heteroatoms. The molecule has 0 amide bonds. The third-order valence-electron chi connectivity index (χ3n) is 0.744. The van der Waals surface area contributed by atoms with Gasteiger partial charge in [0.1, 0.15) is 0 Å². The van der Waals surface area contributed by atoms with E-state index in [2.05, 4.69) is 18.6 Å². The molecule has 0 aromatic carbocycles. The highest BCUT2D eigenvalue weighted by Crippen LogP contribution is 1.79.